The summed E-state index contributed by atoms with van der Waals surface area (Å²) in [6, 6.07) is 16.8. The van der Waals surface area contributed by atoms with E-state index < -0.39 is 0 Å². The topological polar surface area (TPSA) is 101 Å². The first-order valence-electron chi connectivity index (χ1n) is 10.5. The number of hydrogen-bond donors (Lipinski definition) is 4. The normalized spacial score (nSPS) is 21.6. The number of hydrogen-bond acceptors (Lipinski definition) is 5. The summed E-state index contributed by atoms with van der Waals surface area (Å²) in [6.07, 6.45) is 4.99. The van der Waals surface area contributed by atoms with Crippen molar-refractivity contribution in [3.63, 3.8) is 0 Å². The minimum atomic E-state index is -0.290. The van der Waals surface area contributed by atoms with Crippen LogP contribution in [0.3, 0.4) is 0 Å². The lowest BCUT2D eigenvalue weighted by Crippen LogP contribution is -2.46. The number of carbonyl (C=O) groups excluding carboxylic acids is 1. The predicted molar refractivity (Wildman–Crippen MR) is 120 cm³/mol. The Kier molecular flexibility index (Phi) is 6.82. The van der Waals surface area contributed by atoms with Gasteiger partial charge in [0.25, 0.3) is 5.91 Å². The summed E-state index contributed by atoms with van der Waals surface area (Å²) in [5.41, 5.74) is 8.46. The van der Waals surface area contributed by atoms with Gasteiger partial charge in [-0.05, 0) is 48.7 Å². The van der Waals surface area contributed by atoms with Gasteiger partial charge in [-0.15, -0.1) is 0 Å². The maximum atomic E-state index is 12.8. The highest BCUT2D eigenvalue weighted by molar-refractivity contribution is 6.30. The van der Waals surface area contributed by atoms with Gasteiger partial charge in [0.15, 0.2) is 5.96 Å². The minimum absolute atomic E-state index is 0.0989. The number of nitrogens with zero attached hydrogens (tertiary/aromatic N) is 2. The number of amides is 1. The Labute approximate surface area is 186 Å². The van der Waals surface area contributed by atoms with Gasteiger partial charge in [-0.1, -0.05) is 42.6 Å². The van der Waals surface area contributed by atoms with Gasteiger partial charge in [-0.2, -0.15) is 5.26 Å². The minimum Gasteiger partial charge on any atom is -0.353 e. The zero-order valence-electron chi connectivity index (χ0n) is 17.1. The van der Waals surface area contributed by atoms with E-state index in [1.165, 1.54) is 12.8 Å². The molecule has 2 fully saturated rings. The van der Waals surface area contributed by atoms with Crippen LogP contribution in [0.25, 0.3) is 0 Å². The van der Waals surface area contributed by atoms with Crippen molar-refractivity contribution in [2.24, 2.45) is 4.99 Å². The third-order valence-electron chi connectivity index (χ3n) is 5.62. The Hall–Kier alpha value is -2.92. The van der Waals surface area contributed by atoms with E-state index in [1.54, 1.807) is 24.3 Å². The van der Waals surface area contributed by atoms with Crippen LogP contribution in [0.2, 0.25) is 5.02 Å². The summed E-state index contributed by atoms with van der Waals surface area (Å²) in [5.74, 6) is 0.164. The molecule has 160 valence electrons. The summed E-state index contributed by atoms with van der Waals surface area (Å²) < 4.78 is 0. The molecule has 4 N–H and O–H groups in total. The molecule has 0 spiro atoms. The lowest BCUT2D eigenvalue weighted by molar-refractivity contribution is 0.0975. The Morgan fingerprint density at radius 2 is 1.90 bits per heavy atom. The SMILES string of the molecule is N#Cc1cccc(C(=O)NC(=NC2CC(c3ccc(Cl)cc3)NN2)NC2CCCC2)c1. The molecule has 8 heteroatoms. The van der Waals surface area contributed by atoms with E-state index in [2.05, 4.69) is 27.6 Å². The largest absolute Gasteiger partial charge is 0.353 e. The number of guanidine groups is 1. The maximum absolute atomic E-state index is 12.8. The molecule has 0 radical (unpaired) electrons. The van der Waals surface area contributed by atoms with Crippen LogP contribution in [0.15, 0.2) is 53.5 Å². The molecule has 0 bridgehead atoms. The van der Waals surface area contributed by atoms with Crippen molar-refractivity contribution in [3.8, 4) is 6.07 Å². The molecule has 31 heavy (non-hydrogen) atoms. The van der Waals surface area contributed by atoms with Crippen molar-refractivity contribution >= 4 is 23.5 Å². The zero-order chi connectivity index (χ0) is 21.6. The molecule has 0 aromatic heterocycles. The molecule has 1 saturated heterocycles. The fraction of sp³-hybridized carbons (Fsp3) is 0.348. The Morgan fingerprint density at radius 1 is 1.13 bits per heavy atom. The highest BCUT2D eigenvalue weighted by atomic mass is 35.5. The standard InChI is InChI=1S/C23H25ClN6O/c24-18-10-8-16(9-11-18)20-13-21(30-29-20)27-23(26-19-6-1-2-7-19)28-22(31)17-5-3-4-15(12-17)14-25/h3-5,8-12,19-21,29-30H,1-2,6-7,13H2,(H2,26,27,28,31). The molecule has 2 aromatic rings. The molecular weight excluding hydrogens is 412 g/mol. The molecule has 2 aliphatic rings. The van der Waals surface area contributed by atoms with Crippen molar-refractivity contribution in [1.29, 1.82) is 5.26 Å². The smallest absolute Gasteiger partial charge is 0.257 e. The lowest BCUT2D eigenvalue weighted by Gasteiger charge is -2.18. The number of hydrazine groups is 1. The molecule has 2 unspecified atom stereocenters. The van der Waals surface area contributed by atoms with Gasteiger partial charge in [0.2, 0.25) is 0 Å². The lowest BCUT2D eigenvalue weighted by atomic mass is 10.0. The summed E-state index contributed by atoms with van der Waals surface area (Å²) in [7, 11) is 0. The van der Waals surface area contributed by atoms with Crippen LogP contribution in [-0.2, 0) is 0 Å². The molecule has 2 aromatic carbocycles. The van der Waals surface area contributed by atoms with E-state index in [9.17, 15) is 4.79 Å². The summed E-state index contributed by atoms with van der Waals surface area (Å²) in [5, 5.41) is 16.1. The number of rotatable bonds is 4. The summed E-state index contributed by atoms with van der Waals surface area (Å²) >= 11 is 5.99. The number of halogens is 1. The molecule has 1 aliphatic carbocycles. The molecule has 1 amide bonds. The van der Waals surface area contributed by atoms with E-state index in [-0.39, 0.29) is 18.1 Å². The van der Waals surface area contributed by atoms with Crippen LogP contribution in [0.4, 0.5) is 0 Å². The monoisotopic (exact) mass is 436 g/mol. The molecule has 1 aliphatic heterocycles. The average molecular weight is 437 g/mol. The first kappa shape index (κ1) is 21.3. The summed E-state index contributed by atoms with van der Waals surface area (Å²) in [6.45, 7) is 0. The first-order valence-corrected chi connectivity index (χ1v) is 10.9. The molecule has 1 saturated carbocycles. The van der Waals surface area contributed by atoms with Gasteiger partial charge in [-0.25, -0.2) is 15.8 Å². The molecular formula is C23H25ClN6O. The van der Waals surface area contributed by atoms with Crippen molar-refractivity contribution in [1.82, 2.24) is 21.5 Å². The third kappa shape index (κ3) is 5.61. The molecule has 7 nitrogen and oxygen atoms in total. The van der Waals surface area contributed by atoms with Crippen LogP contribution in [-0.4, -0.2) is 24.1 Å². The second kappa shape index (κ2) is 9.92. The van der Waals surface area contributed by atoms with Gasteiger partial charge >= 0.3 is 0 Å². The van der Waals surface area contributed by atoms with Gasteiger partial charge in [0.1, 0.15) is 6.17 Å². The van der Waals surface area contributed by atoms with Gasteiger partial charge < -0.3 is 5.32 Å². The van der Waals surface area contributed by atoms with Crippen molar-refractivity contribution < 1.29 is 4.79 Å². The number of carbonyl (C=O) groups is 1. The molecule has 1 heterocycles. The van der Waals surface area contributed by atoms with Crippen LogP contribution in [0, 0.1) is 11.3 Å². The van der Waals surface area contributed by atoms with Crippen molar-refractivity contribution in [2.75, 3.05) is 0 Å². The van der Waals surface area contributed by atoms with Crippen LogP contribution >= 0.6 is 11.6 Å². The van der Waals surface area contributed by atoms with E-state index in [4.69, 9.17) is 21.9 Å². The van der Waals surface area contributed by atoms with Crippen molar-refractivity contribution in [3.05, 3.63) is 70.2 Å². The van der Waals surface area contributed by atoms with Gasteiger partial charge in [-0.3, -0.25) is 10.1 Å². The van der Waals surface area contributed by atoms with Crippen LogP contribution in [0.5, 0.6) is 0 Å². The van der Waals surface area contributed by atoms with Crippen LogP contribution in [0.1, 0.15) is 59.6 Å². The third-order valence-corrected chi connectivity index (χ3v) is 5.87. The zero-order valence-corrected chi connectivity index (χ0v) is 17.8. The predicted octanol–water partition coefficient (Wildman–Crippen LogP) is 3.39. The van der Waals surface area contributed by atoms with E-state index in [0.29, 0.717) is 28.2 Å². The second-order valence-corrected chi connectivity index (χ2v) is 8.33. The Morgan fingerprint density at radius 3 is 2.65 bits per heavy atom. The average Bonchev–Trinajstić information content (AvgIpc) is 3.46. The van der Waals surface area contributed by atoms with E-state index in [1.807, 2.05) is 24.3 Å². The number of nitriles is 1. The first-order chi connectivity index (χ1) is 15.1. The van der Waals surface area contributed by atoms with Crippen LogP contribution < -0.4 is 21.5 Å². The Bertz CT molecular complexity index is 994. The maximum Gasteiger partial charge on any atom is 0.257 e. The molecule has 4 rings (SSSR count). The quantitative estimate of drug-likeness (QED) is 0.434. The highest BCUT2D eigenvalue weighted by Gasteiger charge is 2.26. The van der Waals surface area contributed by atoms with Gasteiger partial charge in [0.05, 0.1) is 11.6 Å². The number of nitrogens with one attached hydrogen (secondary N) is 4. The Balaban J connectivity index is 1.47. The van der Waals surface area contributed by atoms with E-state index in [0.717, 1.165) is 24.8 Å². The highest BCUT2D eigenvalue weighted by Crippen LogP contribution is 2.24. The van der Waals surface area contributed by atoms with E-state index >= 15 is 0 Å². The fourth-order valence-electron chi connectivity index (χ4n) is 3.97. The fourth-order valence-corrected chi connectivity index (χ4v) is 4.10. The second-order valence-electron chi connectivity index (χ2n) is 7.89. The number of benzene rings is 2. The summed E-state index contributed by atoms with van der Waals surface area (Å²) in [4.78, 5) is 17.5. The van der Waals surface area contributed by atoms with Crippen molar-refractivity contribution in [2.45, 2.75) is 50.4 Å². The molecule has 2 atom stereocenters. The number of aliphatic imine (C=N–C) groups is 1. The van der Waals surface area contributed by atoms with Gasteiger partial charge in [0, 0.05) is 29.1 Å².